The molecule has 0 saturated carbocycles. The zero-order chi connectivity index (χ0) is 38.2. The van der Waals surface area contributed by atoms with Crippen molar-refractivity contribution in [1.82, 2.24) is 0 Å². The molecule has 0 aliphatic rings. The number of rotatable bonds is 41. The molecule has 2 atom stereocenters. The van der Waals surface area contributed by atoms with Crippen molar-refractivity contribution < 1.29 is 28.6 Å². The Kier molecular flexibility index (Phi) is 39.4. The molecule has 6 nitrogen and oxygen atoms in total. The number of unbranched alkanes of at least 4 members (excludes halogenated alkanes) is 27. The average Bonchev–Trinajstić information content (AvgIpc) is 3.14. The molecule has 0 fully saturated rings. The van der Waals surface area contributed by atoms with Crippen molar-refractivity contribution in [2.45, 2.75) is 259 Å². The smallest absolute Gasteiger partial charge is 0.306 e. The second kappa shape index (κ2) is 40.6. The first kappa shape index (κ1) is 50.4. The fraction of sp³-hybridized carbons (Fsp3) is 0.935. The number of hydrogen-bond donors (Lipinski definition) is 0. The van der Waals surface area contributed by atoms with Crippen LogP contribution in [0.15, 0.2) is 0 Å². The minimum atomic E-state index is -0.759. The number of esters is 3. The summed E-state index contributed by atoms with van der Waals surface area (Å²) in [5, 5.41) is 0. The fourth-order valence-corrected chi connectivity index (χ4v) is 6.77. The monoisotopic (exact) mass is 737 g/mol. The fourth-order valence-electron chi connectivity index (χ4n) is 6.77. The van der Waals surface area contributed by atoms with Gasteiger partial charge in [0.15, 0.2) is 6.10 Å². The number of ether oxygens (including phenoxy) is 3. The van der Waals surface area contributed by atoms with Gasteiger partial charge in [0.2, 0.25) is 0 Å². The molecule has 0 N–H and O–H groups in total. The number of carbonyl (C=O) groups is 3. The first-order valence-corrected chi connectivity index (χ1v) is 22.9. The summed E-state index contributed by atoms with van der Waals surface area (Å²) in [6, 6.07) is 0. The Balaban J connectivity index is 4.23. The van der Waals surface area contributed by atoms with E-state index in [1.54, 1.807) is 0 Å². The van der Waals surface area contributed by atoms with E-state index in [1.165, 1.54) is 148 Å². The van der Waals surface area contributed by atoms with E-state index in [0.717, 1.165) is 63.7 Å². The predicted octanol–water partition coefficient (Wildman–Crippen LogP) is 14.3. The van der Waals surface area contributed by atoms with Crippen LogP contribution < -0.4 is 0 Å². The summed E-state index contributed by atoms with van der Waals surface area (Å²) in [5.41, 5.74) is 0. The molecule has 0 amide bonds. The molecular formula is C46H88O6. The van der Waals surface area contributed by atoms with Gasteiger partial charge in [-0.15, -0.1) is 0 Å². The van der Waals surface area contributed by atoms with Crippen LogP contribution in [0.25, 0.3) is 0 Å². The average molecular weight is 737 g/mol. The van der Waals surface area contributed by atoms with E-state index in [-0.39, 0.29) is 31.1 Å². The van der Waals surface area contributed by atoms with Gasteiger partial charge < -0.3 is 14.2 Å². The standard InChI is InChI=1S/C46H88O6/c1-5-8-10-12-14-15-16-17-18-19-20-21-22-23-25-31-35-39-46(49)52-43(40-50-44(47)37-33-29-24-13-11-9-6-2)41-51-45(48)38-34-30-27-26-28-32-36-42(4)7-3/h42-43H,5-41H2,1-4H3/t42?,43-/m0/s1. The third-order valence-corrected chi connectivity index (χ3v) is 10.7. The Morgan fingerprint density at radius 2 is 0.673 bits per heavy atom. The van der Waals surface area contributed by atoms with Crippen LogP contribution in [-0.4, -0.2) is 37.2 Å². The minimum absolute atomic E-state index is 0.0654. The molecule has 0 aliphatic carbocycles. The van der Waals surface area contributed by atoms with Crippen LogP contribution in [0.3, 0.4) is 0 Å². The van der Waals surface area contributed by atoms with Gasteiger partial charge in [0.25, 0.3) is 0 Å². The maximum absolute atomic E-state index is 12.7. The van der Waals surface area contributed by atoms with E-state index < -0.39 is 6.10 Å². The van der Waals surface area contributed by atoms with Crippen LogP contribution in [0.2, 0.25) is 0 Å². The molecule has 52 heavy (non-hydrogen) atoms. The van der Waals surface area contributed by atoms with E-state index in [4.69, 9.17) is 14.2 Å². The van der Waals surface area contributed by atoms with Crippen LogP contribution in [-0.2, 0) is 28.6 Å². The summed E-state index contributed by atoms with van der Waals surface area (Å²) in [6.07, 6.45) is 39.6. The van der Waals surface area contributed by atoms with E-state index in [9.17, 15) is 14.4 Å². The third kappa shape index (κ3) is 38.1. The summed E-state index contributed by atoms with van der Waals surface area (Å²) >= 11 is 0. The van der Waals surface area contributed by atoms with Gasteiger partial charge in [0, 0.05) is 19.3 Å². The van der Waals surface area contributed by atoms with Gasteiger partial charge in [0.05, 0.1) is 0 Å². The molecule has 0 aromatic carbocycles. The molecule has 0 radical (unpaired) electrons. The molecule has 0 spiro atoms. The van der Waals surface area contributed by atoms with Crippen LogP contribution in [0.4, 0.5) is 0 Å². The second-order valence-electron chi connectivity index (χ2n) is 15.9. The van der Waals surface area contributed by atoms with Gasteiger partial charge in [-0.05, 0) is 25.2 Å². The maximum Gasteiger partial charge on any atom is 0.306 e. The summed E-state index contributed by atoms with van der Waals surface area (Å²) < 4.78 is 16.7. The van der Waals surface area contributed by atoms with Crippen LogP contribution in [0.5, 0.6) is 0 Å². The van der Waals surface area contributed by atoms with Crippen molar-refractivity contribution in [3.8, 4) is 0 Å². The summed E-state index contributed by atoms with van der Waals surface area (Å²) in [5.74, 6) is -0.0488. The van der Waals surface area contributed by atoms with Gasteiger partial charge in [-0.1, -0.05) is 214 Å². The Morgan fingerprint density at radius 3 is 1.00 bits per heavy atom. The Morgan fingerprint density at radius 1 is 0.385 bits per heavy atom. The largest absolute Gasteiger partial charge is 0.462 e. The van der Waals surface area contributed by atoms with Crippen molar-refractivity contribution in [3.05, 3.63) is 0 Å². The summed E-state index contributed by atoms with van der Waals surface area (Å²) in [4.78, 5) is 37.6. The molecule has 0 aliphatic heterocycles. The van der Waals surface area contributed by atoms with Crippen molar-refractivity contribution in [1.29, 1.82) is 0 Å². The van der Waals surface area contributed by atoms with Gasteiger partial charge in [-0.3, -0.25) is 14.4 Å². The Hall–Kier alpha value is -1.59. The SMILES string of the molecule is CCCCCCCCCCCCCCCCCCCC(=O)O[C@@H](COC(=O)CCCCCCCCC)COC(=O)CCCCCCCCC(C)CC. The highest BCUT2D eigenvalue weighted by Gasteiger charge is 2.19. The highest BCUT2D eigenvalue weighted by atomic mass is 16.6. The highest BCUT2D eigenvalue weighted by Crippen LogP contribution is 2.17. The quantitative estimate of drug-likeness (QED) is 0.0353. The summed E-state index contributed by atoms with van der Waals surface area (Å²) in [7, 11) is 0. The van der Waals surface area contributed by atoms with Crippen LogP contribution in [0, 0.1) is 5.92 Å². The third-order valence-electron chi connectivity index (χ3n) is 10.7. The summed E-state index contributed by atoms with van der Waals surface area (Å²) in [6.45, 7) is 8.93. The molecule has 0 heterocycles. The lowest BCUT2D eigenvalue weighted by atomic mass is 10.00. The van der Waals surface area contributed by atoms with Crippen molar-refractivity contribution in [3.63, 3.8) is 0 Å². The first-order chi connectivity index (χ1) is 25.4. The minimum Gasteiger partial charge on any atom is -0.462 e. The molecule has 6 heteroatoms. The Bertz CT molecular complexity index is 783. The highest BCUT2D eigenvalue weighted by molar-refractivity contribution is 5.71. The first-order valence-electron chi connectivity index (χ1n) is 22.9. The van der Waals surface area contributed by atoms with Crippen molar-refractivity contribution in [2.75, 3.05) is 13.2 Å². The number of carbonyl (C=O) groups excluding carboxylic acids is 3. The van der Waals surface area contributed by atoms with Crippen molar-refractivity contribution >= 4 is 17.9 Å². The molecule has 0 saturated heterocycles. The van der Waals surface area contributed by atoms with E-state index in [0.29, 0.717) is 19.3 Å². The molecule has 0 bridgehead atoms. The normalized spacial score (nSPS) is 12.5. The lowest BCUT2D eigenvalue weighted by Crippen LogP contribution is -2.30. The molecule has 0 aromatic rings. The molecule has 0 rings (SSSR count). The van der Waals surface area contributed by atoms with Crippen LogP contribution in [0.1, 0.15) is 252 Å². The second-order valence-corrected chi connectivity index (χ2v) is 15.9. The Labute approximate surface area is 323 Å². The molecular weight excluding hydrogens is 648 g/mol. The zero-order valence-electron chi connectivity index (χ0n) is 35.3. The van der Waals surface area contributed by atoms with E-state index >= 15 is 0 Å². The van der Waals surface area contributed by atoms with E-state index in [2.05, 4.69) is 27.7 Å². The van der Waals surface area contributed by atoms with Crippen LogP contribution >= 0.6 is 0 Å². The van der Waals surface area contributed by atoms with Gasteiger partial charge >= 0.3 is 17.9 Å². The van der Waals surface area contributed by atoms with Gasteiger partial charge in [0.1, 0.15) is 13.2 Å². The zero-order valence-corrected chi connectivity index (χ0v) is 35.3. The van der Waals surface area contributed by atoms with Gasteiger partial charge in [-0.25, -0.2) is 0 Å². The maximum atomic E-state index is 12.7. The lowest BCUT2D eigenvalue weighted by molar-refractivity contribution is -0.167. The molecule has 1 unspecified atom stereocenters. The molecule has 0 aromatic heterocycles. The van der Waals surface area contributed by atoms with Gasteiger partial charge in [-0.2, -0.15) is 0 Å². The van der Waals surface area contributed by atoms with Crippen molar-refractivity contribution in [2.24, 2.45) is 5.92 Å². The predicted molar refractivity (Wildman–Crippen MR) is 220 cm³/mol. The lowest BCUT2D eigenvalue weighted by Gasteiger charge is -2.18. The topological polar surface area (TPSA) is 78.9 Å². The van der Waals surface area contributed by atoms with E-state index in [1.807, 2.05) is 0 Å². The molecule has 308 valence electrons. The number of hydrogen-bond acceptors (Lipinski definition) is 6.